The molecule has 0 radical (unpaired) electrons. The van der Waals surface area contributed by atoms with Crippen molar-refractivity contribution in [3.05, 3.63) is 35.4 Å². The van der Waals surface area contributed by atoms with Gasteiger partial charge in [0.2, 0.25) is 11.8 Å². The maximum absolute atomic E-state index is 13.7. The number of carbonyl (C=O) groups excluding carboxylic acids is 4. The van der Waals surface area contributed by atoms with Crippen LogP contribution in [0.1, 0.15) is 20.7 Å². The van der Waals surface area contributed by atoms with E-state index < -0.39 is 133 Å². The van der Waals surface area contributed by atoms with E-state index in [0.717, 1.165) is 0 Å². The minimum atomic E-state index is -8.76. The van der Waals surface area contributed by atoms with Crippen molar-refractivity contribution in [3.63, 3.8) is 0 Å². The van der Waals surface area contributed by atoms with Crippen LogP contribution in [0.4, 0.5) is 132 Å². The summed E-state index contributed by atoms with van der Waals surface area (Å²) in [6, 6.07) is 5.97. The fraction of sp³-hybridized carbons (Fsp3) is 0.643. The van der Waals surface area contributed by atoms with Crippen LogP contribution in [0.2, 0.25) is 0 Å². The predicted molar refractivity (Wildman–Crippen MR) is 154 cm³/mol. The van der Waals surface area contributed by atoms with Crippen molar-refractivity contribution in [2.45, 2.75) is 83.4 Å². The second kappa shape index (κ2) is 18.8. The van der Waals surface area contributed by atoms with Crippen LogP contribution in [0.15, 0.2) is 24.3 Å². The molecule has 4 amide bonds. The summed E-state index contributed by atoms with van der Waals surface area (Å²) in [6.07, 6.45) is -15.9. The van der Waals surface area contributed by atoms with Crippen molar-refractivity contribution in [2.75, 3.05) is 26.2 Å². The Hall–Kier alpha value is -5.04. The number of hydrogen-bond acceptors (Lipinski definition) is 5. The van der Waals surface area contributed by atoms with Crippen molar-refractivity contribution < 1.29 is 151 Å². The number of nitrogens with two attached hydrogens (primary N) is 2. The molecule has 0 aliphatic heterocycles. The third kappa shape index (κ3) is 10.4. The highest BCUT2D eigenvalue weighted by atomic mass is 19.4. The SMILES string of the molecule is NC(=O)c1cccc(C(N)=O)c1.O=C(NCCNCCNC(=O)C(F)(F)C(F)(F)C(F)(F)C(F)(F)C(F)(F)C(F)(F)C(F)(F)F)C(F)(F)C(F)(F)C(F)(F)C(F)(F)C(F)(F)C(F)(F)C(F)(F)F. The highest BCUT2D eigenvalue weighted by Crippen LogP contribution is 2.64. The number of amides is 4. The van der Waals surface area contributed by atoms with E-state index in [1.807, 2.05) is 0 Å². The fourth-order valence-corrected chi connectivity index (χ4v) is 3.92. The Bertz CT molecular complexity index is 1820. The molecule has 0 aromatic heterocycles. The third-order valence-corrected chi connectivity index (χ3v) is 7.83. The normalized spacial score (nSPS) is 14.8. The van der Waals surface area contributed by atoms with E-state index in [9.17, 15) is 151 Å². The zero-order valence-corrected chi connectivity index (χ0v) is 30.8. The molecule has 0 spiro atoms. The largest absolute Gasteiger partial charge is 0.460 e. The molecule has 1 rings (SSSR count). The fourth-order valence-electron chi connectivity index (χ4n) is 3.92. The molecule has 0 fully saturated rings. The number of alkyl halides is 30. The summed E-state index contributed by atoms with van der Waals surface area (Å²) in [5, 5.41) is 2.24. The molecule has 0 bridgehead atoms. The minimum absolute atomic E-state index is 0.284. The molecule has 0 aliphatic rings. The second-order valence-electron chi connectivity index (χ2n) is 12.5. The second-order valence-corrected chi connectivity index (χ2v) is 12.5. The summed E-state index contributed by atoms with van der Waals surface area (Å²) < 4.78 is 394. The van der Waals surface area contributed by atoms with Crippen LogP contribution in [-0.4, -0.2) is 133 Å². The predicted octanol–water partition coefficient (Wildman–Crippen LogP) is 7.44. The van der Waals surface area contributed by atoms with Gasteiger partial charge in [0.15, 0.2) is 0 Å². The number of benzene rings is 1. The average molecular weight is 1060 g/mol. The van der Waals surface area contributed by atoms with E-state index in [-0.39, 0.29) is 11.1 Å². The Morgan fingerprint density at radius 2 is 0.582 bits per heavy atom. The van der Waals surface area contributed by atoms with Crippen LogP contribution in [0, 0.1) is 0 Å². The Kier molecular flexibility index (Phi) is 17.4. The van der Waals surface area contributed by atoms with Gasteiger partial charge < -0.3 is 27.4 Å². The van der Waals surface area contributed by atoms with Gasteiger partial charge in [-0.2, -0.15) is 132 Å². The zero-order valence-electron chi connectivity index (χ0n) is 30.8. The van der Waals surface area contributed by atoms with Gasteiger partial charge in [-0.3, -0.25) is 19.2 Å². The van der Waals surface area contributed by atoms with Gasteiger partial charge in [-0.05, 0) is 18.2 Å². The Balaban J connectivity index is 0.00000311. The van der Waals surface area contributed by atoms with E-state index in [2.05, 4.69) is 0 Å². The number of hydrogen-bond donors (Lipinski definition) is 5. The molecule has 0 saturated heterocycles. The highest BCUT2D eigenvalue weighted by molar-refractivity contribution is 5.98. The molecule has 0 heterocycles. The van der Waals surface area contributed by atoms with Gasteiger partial charge >= 0.3 is 83.4 Å². The Morgan fingerprint density at radius 3 is 0.806 bits per heavy atom. The topological polar surface area (TPSA) is 156 Å². The number of nitrogens with one attached hydrogen (secondary N) is 3. The van der Waals surface area contributed by atoms with Gasteiger partial charge in [-0.1, -0.05) is 6.07 Å². The van der Waals surface area contributed by atoms with Crippen molar-refractivity contribution in [3.8, 4) is 0 Å². The van der Waals surface area contributed by atoms with Crippen molar-refractivity contribution in [1.82, 2.24) is 16.0 Å². The lowest BCUT2D eigenvalue weighted by Crippen LogP contribution is -2.74. The van der Waals surface area contributed by atoms with Crippen molar-refractivity contribution in [1.29, 1.82) is 0 Å². The van der Waals surface area contributed by atoms with E-state index in [4.69, 9.17) is 11.5 Å². The molecule has 0 atom stereocenters. The standard InChI is InChI=1S/C20H11F30N3O2.C8H8N2O2/c21-7(22,9(25,26)11(29,30)13(33,34)15(37,38)17(41,42)19(45,46)47)5(54)52-3-1-51-2-4-53-6(55)8(23,24)10(27,28)12(31,32)14(35,36)16(39,40)18(43,44)20(48,49)50;9-7(11)5-2-1-3-6(4-5)8(10)12/h51H,1-4H2,(H,52,54)(H,53,55);1-4H,(H2,9,11)(H2,10,12). The molecule has 9 nitrogen and oxygen atoms in total. The van der Waals surface area contributed by atoms with Gasteiger partial charge in [0, 0.05) is 37.3 Å². The van der Waals surface area contributed by atoms with Crippen molar-refractivity contribution in [2.24, 2.45) is 11.5 Å². The summed E-state index contributed by atoms with van der Waals surface area (Å²) in [5.41, 5.74) is 10.6. The third-order valence-electron chi connectivity index (χ3n) is 7.83. The first-order valence-corrected chi connectivity index (χ1v) is 15.8. The van der Waals surface area contributed by atoms with Crippen molar-refractivity contribution >= 4 is 23.6 Å². The summed E-state index contributed by atoms with van der Waals surface area (Å²) in [7, 11) is 0. The highest BCUT2D eigenvalue weighted by Gasteiger charge is 2.95. The minimum Gasteiger partial charge on any atom is -0.366 e. The summed E-state index contributed by atoms with van der Waals surface area (Å²) in [4.78, 5) is 43.8. The van der Waals surface area contributed by atoms with Crippen LogP contribution in [0.3, 0.4) is 0 Å². The van der Waals surface area contributed by atoms with Crippen LogP contribution in [0.5, 0.6) is 0 Å². The van der Waals surface area contributed by atoms with Gasteiger partial charge in [-0.25, -0.2) is 0 Å². The molecule has 390 valence electrons. The number of rotatable bonds is 20. The van der Waals surface area contributed by atoms with Crippen LogP contribution >= 0.6 is 0 Å². The summed E-state index contributed by atoms with van der Waals surface area (Å²) in [6.45, 7) is -6.44. The quantitative estimate of drug-likeness (QED) is 0.0679. The number of carbonyl (C=O) groups is 4. The average Bonchev–Trinajstić information content (AvgIpc) is 3.15. The molecule has 67 heavy (non-hydrogen) atoms. The molecular weight excluding hydrogens is 1040 g/mol. The lowest BCUT2D eigenvalue weighted by atomic mass is 9.91. The Morgan fingerprint density at radius 1 is 0.358 bits per heavy atom. The number of primary amides is 2. The monoisotopic (exact) mass is 1060 g/mol. The maximum atomic E-state index is 13.7. The molecule has 1 aromatic carbocycles. The molecular formula is C28H19F30N5O4. The summed E-state index contributed by atoms with van der Waals surface area (Å²) >= 11 is 0. The van der Waals surface area contributed by atoms with Gasteiger partial charge in [0.1, 0.15) is 0 Å². The lowest BCUT2D eigenvalue weighted by molar-refractivity contribution is -0.449. The molecule has 0 aliphatic carbocycles. The maximum Gasteiger partial charge on any atom is 0.460 e. The summed E-state index contributed by atoms with van der Waals surface area (Å²) in [5.74, 6) is -109. The smallest absolute Gasteiger partial charge is 0.366 e. The van der Waals surface area contributed by atoms with Gasteiger partial charge in [-0.15, -0.1) is 0 Å². The van der Waals surface area contributed by atoms with E-state index in [1.54, 1.807) is 6.07 Å². The first-order valence-electron chi connectivity index (χ1n) is 15.8. The molecule has 7 N–H and O–H groups in total. The molecule has 0 unspecified atom stereocenters. The molecule has 0 saturated carbocycles. The first-order chi connectivity index (χ1) is 29.2. The zero-order chi connectivity index (χ0) is 54.2. The van der Waals surface area contributed by atoms with Crippen LogP contribution in [-0.2, 0) is 9.59 Å². The van der Waals surface area contributed by atoms with Gasteiger partial charge in [0.25, 0.3) is 11.8 Å². The lowest BCUT2D eigenvalue weighted by Gasteiger charge is -2.41. The number of halogens is 30. The van der Waals surface area contributed by atoms with Gasteiger partial charge in [0.05, 0.1) is 0 Å². The van der Waals surface area contributed by atoms with Crippen LogP contribution < -0.4 is 27.4 Å². The molecule has 1 aromatic rings. The van der Waals surface area contributed by atoms with E-state index in [0.29, 0.717) is 10.6 Å². The molecule has 39 heteroatoms. The van der Waals surface area contributed by atoms with E-state index in [1.165, 1.54) is 23.5 Å². The van der Waals surface area contributed by atoms with Crippen LogP contribution in [0.25, 0.3) is 0 Å². The Labute approximate surface area is 347 Å². The first kappa shape index (κ1) is 62.0. The van der Waals surface area contributed by atoms with E-state index >= 15 is 0 Å².